The summed E-state index contributed by atoms with van der Waals surface area (Å²) in [4.78, 5) is 16.0. The van der Waals surface area contributed by atoms with Crippen LogP contribution < -0.4 is 0 Å². The second kappa shape index (κ2) is 19.8. The quantitative estimate of drug-likeness (QED) is 0.142. The Balaban J connectivity index is 1.14. The molecule has 0 atom stereocenters. The van der Waals surface area contributed by atoms with E-state index in [9.17, 15) is 10.5 Å². The van der Waals surface area contributed by atoms with Gasteiger partial charge in [0.1, 0.15) is 0 Å². The largest absolute Gasteiger partial charge is 0.310 e. The van der Waals surface area contributed by atoms with E-state index in [1.165, 1.54) is 0 Å². The first-order chi connectivity index (χ1) is 39.8. The van der Waals surface area contributed by atoms with E-state index in [1.54, 1.807) is 0 Å². The van der Waals surface area contributed by atoms with Crippen LogP contribution in [0.1, 0.15) is 16.7 Å². The maximum Gasteiger partial charge on any atom is 0.197 e. The van der Waals surface area contributed by atoms with E-state index in [0.29, 0.717) is 39.4 Å². The summed E-state index contributed by atoms with van der Waals surface area (Å²) in [6.45, 7) is 35.2. The van der Waals surface area contributed by atoms with Crippen LogP contribution in [0, 0.1) is 55.9 Å². The average molecular weight is 1030 g/mol. The monoisotopic (exact) mass is 1030 g/mol. The van der Waals surface area contributed by atoms with E-state index in [2.05, 4.69) is 138 Å². The van der Waals surface area contributed by atoms with Crippen molar-refractivity contribution in [2.24, 2.45) is 0 Å². The van der Waals surface area contributed by atoms with Crippen LogP contribution in [0.4, 0.5) is 22.7 Å². The summed E-state index contributed by atoms with van der Waals surface area (Å²) in [6.07, 6.45) is 0. The topological polar surface area (TPSA) is 74.9 Å². The van der Waals surface area contributed by atoms with Crippen LogP contribution in [0.2, 0.25) is 0 Å². The minimum Gasteiger partial charge on any atom is -0.310 e. The van der Waals surface area contributed by atoms with Crippen molar-refractivity contribution in [1.82, 2.24) is 9.13 Å². The summed E-state index contributed by atoms with van der Waals surface area (Å²) in [7, 11) is 0. The molecule has 0 radical (unpaired) electrons. The molecule has 0 aliphatic heterocycles. The van der Waals surface area contributed by atoms with E-state index >= 15 is 0 Å². The molecule has 0 bridgehead atoms. The molecule has 0 saturated carbocycles. The molecule has 2 aromatic heterocycles. The molecule has 8 heteroatoms. The molecule has 81 heavy (non-hydrogen) atoms. The summed E-state index contributed by atoms with van der Waals surface area (Å²) in [5.41, 5.74) is 19.3. The zero-order chi connectivity index (χ0) is 55.3. The molecule has 0 spiro atoms. The smallest absolute Gasteiger partial charge is 0.197 e. The first kappa shape index (κ1) is 48.6. The van der Waals surface area contributed by atoms with Gasteiger partial charge >= 0.3 is 0 Å². The van der Waals surface area contributed by atoms with Crippen molar-refractivity contribution in [3.8, 4) is 90.3 Å². The summed E-state index contributed by atoms with van der Waals surface area (Å²) in [5.74, 6) is 0. The van der Waals surface area contributed by atoms with Crippen molar-refractivity contribution in [2.75, 3.05) is 0 Å². The fourth-order valence-electron chi connectivity index (χ4n) is 11.8. The number of benzene rings is 11. The molecule has 0 saturated heterocycles. The van der Waals surface area contributed by atoms with Crippen molar-refractivity contribution >= 4 is 66.4 Å². The molecule has 2 heterocycles. The van der Waals surface area contributed by atoms with E-state index in [1.807, 2.05) is 134 Å². The van der Waals surface area contributed by atoms with Crippen molar-refractivity contribution < 1.29 is 0 Å². The zero-order valence-corrected chi connectivity index (χ0v) is 43.4. The molecule has 11 aromatic carbocycles. The van der Waals surface area contributed by atoms with Gasteiger partial charge in [0.05, 0.1) is 77.3 Å². The summed E-state index contributed by atoms with van der Waals surface area (Å²) < 4.78 is 4.50. The Labute approximate surface area is 467 Å². The number of fused-ring (bicyclic) bond motifs is 6. The van der Waals surface area contributed by atoms with Gasteiger partial charge in [-0.15, -0.1) is 0 Å². The Morgan fingerprint density at radius 2 is 0.741 bits per heavy atom. The standard InChI is InChI=1S/C73H40N8/c1-45-37-46(43-74)25-31-53(45)47-26-36-71(80-67-33-28-49(55-17-8-11-20-63(55)76-2)39-59(67)60-40-50(29-34-68(60)80)56-18-9-12-21-64(56)77-3)62(42-47)73-66(79-5)23-14-24-72(73)81-69-32-27-48(54-16-7-6-15-52(54)44-75)38-58(69)61-41-51(30-35-70(61)81)57-19-10-13-22-65(57)78-4/h6-42H,1H3. The van der Waals surface area contributed by atoms with Crippen LogP contribution in [0.5, 0.6) is 0 Å². The maximum absolute atomic E-state index is 10.3. The molecular weight excluding hydrogens is 989 g/mol. The number of nitriles is 2. The predicted molar refractivity (Wildman–Crippen MR) is 327 cm³/mol. The number of nitrogens with zero attached hydrogens (tertiary/aromatic N) is 8. The second-order valence-electron chi connectivity index (χ2n) is 19.8. The normalized spacial score (nSPS) is 11.0. The molecule has 0 N–H and O–H groups in total. The van der Waals surface area contributed by atoms with Crippen LogP contribution in [-0.2, 0) is 0 Å². The molecule has 13 aromatic rings. The highest BCUT2D eigenvalue weighted by atomic mass is 15.0. The Kier molecular flexibility index (Phi) is 11.9. The third-order valence-corrected chi connectivity index (χ3v) is 15.5. The van der Waals surface area contributed by atoms with Gasteiger partial charge in [0.2, 0.25) is 0 Å². The maximum atomic E-state index is 10.3. The van der Waals surface area contributed by atoms with Gasteiger partial charge in [-0.1, -0.05) is 140 Å². The molecule has 0 aliphatic rings. The number of rotatable bonds is 8. The zero-order valence-electron chi connectivity index (χ0n) is 43.4. The Morgan fingerprint density at radius 1 is 0.333 bits per heavy atom. The second-order valence-corrected chi connectivity index (χ2v) is 19.8. The molecular formula is C73H40N8. The minimum atomic E-state index is 0.427. The lowest BCUT2D eigenvalue weighted by Crippen LogP contribution is -2.02. The van der Waals surface area contributed by atoms with E-state index in [-0.39, 0.29) is 0 Å². The molecule has 372 valence electrons. The lowest BCUT2D eigenvalue weighted by atomic mass is 9.92. The number of aryl methyl sites for hydroxylation is 1. The van der Waals surface area contributed by atoms with Crippen LogP contribution in [0.3, 0.4) is 0 Å². The van der Waals surface area contributed by atoms with E-state index in [0.717, 1.165) is 122 Å². The van der Waals surface area contributed by atoms with Crippen molar-refractivity contribution in [3.63, 3.8) is 0 Å². The highest BCUT2D eigenvalue weighted by molar-refractivity contribution is 6.15. The SMILES string of the molecule is [C-]#[N+]c1ccccc1-c1ccc2c(c1)c1cc(-c3ccccc3[N+]#[C-])ccc1n2-c1ccc(-c2ccc(C#N)cc2C)cc1-c1c([N+]#[C-])cccc1-n1c2ccc(-c3ccccc3C#N)cc2c2cc(-c3ccccc3[N+]#[C-])ccc21. The molecule has 0 unspecified atom stereocenters. The van der Waals surface area contributed by atoms with Gasteiger partial charge in [0.25, 0.3) is 0 Å². The van der Waals surface area contributed by atoms with Crippen LogP contribution in [0.15, 0.2) is 224 Å². The third-order valence-electron chi connectivity index (χ3n) is 15.5. The van der Waals surface area contributed by atoms with Crippen LogP contribution in [-0.4, -0.2) is 9.13 Å². The highest BCUT2D eigenvalue weighted by Gasteiger charge is 2.25. The van der Waals surface area contributed by atoms with Gasteiger partial charge in [-0.25, -0.2) is 19.4 Å². The van der Waals surface area contributed by atoms with E-state index < -0.39 is 0 Å². The molecule has 0 amide bonds. The van der Waals surface area contributed by atoms with Gasteiger partial charge in [0, 0.05) is 32.8 Å². The molecule has 13 rings (SSSR count). The summed E-state index contributed by atoms with van der Waals surface area (Å²) >= 11 is 0. The molecule has 0 aliphatic carbocycles. The highest BCUT2D eigenvalue weighted by Crippen LogP contribution is 2.48. The lowest BCUT2D eigenvalue weighted by molar-refractivity contribution is 1.16. The van der Waals surface area contributed by atoms with Gasteiger partial charge in [-0.05, 0) is 159 Å². The van der Waals surface area contributed by atoms with Crippen molar-refractivity contribution in [3.05, 3.63) is 287 Å². The third kappa shape index (κ3) is 8.02. The minimum absolute atomic E-state index is 0.427. The van der Waals surface area contributed by atoms with Crippen LogP contribution >= 0.6 is 0 Å². The van der Waals surface area contributed by atoms with Gasteiger partial charge in [-0.2, -0.15) is 10.5 Å². The number of hydrogen-bond acceptors (Lipinski definition) is 2. The van der Waals surface area contributed by atoms with Gasteiger partial charge in [0.15, 0.2) is 22.7 Å². The van der Waals surface area contributed by atoms with Gasteiger partial charge < -0.3 is 9.13 Å². The first-order valence-electron chi connectivity index (χ1n) is 26.1. The number of aromatic nitrogens is 2. The first-order valence-corrected chi connectivity index (χ1v) is 26.1. The number of para-hydroxylation sites is 3. The van der Waals surface area contributed by atoms with Crippen molar-refractivity contribution in [1.29, 1.82) is 10.5 Å². The Bertz CT molecular complexity index is 4870. The summed E-state index contributed by atoms with van der Waals surface area (Å²) in [6, 6.07) is 78.4. The van der Waals surface area contributed by atoms with Gasteiger partial charge in [-0.3, -0.25) is 0 Å². The fourth-order valence-corrected chi connectivity index (χ4v) is 11.8. The predicted octanol–water partition coefficient (Wildman–Crippen LogP) is 20.1. The molecule has 8 nitrogen and oxygen atoms in total. The Morgan fingerprint density at radius 3 is 1.20 bits per heavy atom. The van der Waals surface area contributed by atoms with E-state index in [4.69, 9.17) is 26.3 Å². The number of hydrogen-bond donors (Lipinski definition) is 0. The Hall–Kier alpha value is -12.0. The van der Waals surface area contributed by atoms with Crippen molar-refractivity contribution in [2.45, 2.75) is 6.92 Å². The van der Waals surface area contributed by atoms with Crippen LogP contribution in [0.25, 0.3) is 141 Å². The lowest BCUT2D eigenvalue weighted by Gasteiger charge is -2.21. The average Bonchev–Trinajstić information content (AvgIpc) is 4.27. The summed E-state index contributed by atoms with van der Waals surface area (Å²) in [5, 5.41) is 23.9. The fraction of sp³-hybridized carbons (Fsp3) is 0.0137. The molecule has 0 fully saturated rings.